The number of para-hydroxylation sites is 1. The van der Waals surface area contributed by atoms with Gasteiger partial charge in [0.15, 0.2) is 0 Å². The number of halogens is 1. The van der Waals surface area contributed by atoms with E-state index in [2.05, 4.69) is 10.4 Å². The maximum Gasteiger partial charge on any atom is 0.326 e. The summed E-state index contributed by atoms with van der Waals surface area (Å²) in [4.78, 5) is 39.3. The van der Waals surface area contributed by atoms with Crippen molar-refractivity contribution >= 4 is 40.6 Å². The molecule has 2 N–H and O–H groups in total. The number of aliphatic carboxylic acids is 1. The van der Waals surface area contributed by atoms with Gasteiger partial charge < -0.3 is 19.7 Å². The Balaban J connectivity index is 1.80. The molecule has 0 aliphatic carbocycles. The lowest BCUT2D eigenvalue weighted by Crippen LogP contribution is -2.29. The molecular formula is C25H23ClN4O5S. The van der Waals surface area contributed by atoms with Crippen molar-refractivity contribution in [3.05, 3.63) is 85.9 Å². The Kier molecular flexibility index (Phi) is 7.56. The Bertz CT molecular complexity index is 1480. The topological polar surface area (TPSA) is 115 Å². The Hall–Kier alpha value is -3.89. The molecule has 0 bridgehead atoms. The molecule has 0 saturated carbocycles. The average Bonchev–Trinajstić information content (AvgIpc) is 3.49. The van der Waals surface area contributed by atoms with E-state index in [0.29, 0.717) is 28.0 Å². The summed E-state index contributed by atoms with van der Waals surface area (Å²) in [5.41, 5.74) is 0.174. The molecule has 1 aromatic carbocycles. The van der Waals surface area contributed by atoms with Gasteiger partial charge in [0.05, 0.1) is 29.1 Å². The second-order valence-corrected chi connectivity index (χ2v) is 9.59. The number of anilines is 1. The smallest absolute Gasteiger partial charge is 0.326 e. The van der Waals surface area contributed by atoms with Crippen LogP contribution in [-0.4, -0.2) is 38.4 Å². The van der Waals surface area contributed by atoms with Gasteiger partial charge in [0, 0.05) is 17.1 Å². The maximum absolute atomic E-state index is 13.5. The minimum atomic E-state index is -1.11. The molecule has 3 aromatic heterocycles. The third-order valence-electron chi connectivity index (χ3n) is 5.57. The number of benzene rings is 1. The number of carboxylic acid groups (broad SMARTS) is 1. The van der Waals surface area contributed by atoms with Crippen LogP contribution in [0.4, 0.5) is 5.82 Å². The molecule has 0 aliphatic heterocycles. The Morgan fingerprint density at radius 1 is 1.19 bits per heavy atom. The number of nitrogens with zero attached hydrogens (tertiary/aromatic N) is 3. The predicted molar refractivity (Wildman–Crippen MR) is 138 cm³/mol. The zero-order chi connectivity index (χ0) is 25.8. The van der Waals surface area contributed by atoms with Gasteiger partial charge in [0.2, 0.25) is 0 Å². The third-order valence-corrected chi connectivity index (χ3v) is 6.80. The van der Waals surface area contributed by atoms with Crippen molar-refractivity contribution in [2.75, 3.05) is 12.4 Å². The Labute approximate surface area is 215 Å². The molecule has 4 rings (SSSR count). The molecule has 11 heteroatoms. The number of ether oxygens (including phenoxy) is 1. The molecule has 0 fully saturated rings. The number of carbonyl (C=O) groups excluding carboxylic acids is 1. The number of nitrogens with one attached hydrogen (secondary N) is 1. The van der Waals surface area contributed by atoms with Crippen LogP contribution in [0.5, 0.6) is 5.75 Å². The normalized spacial score (nSPS) is 11.8. The van der Waals surface area contributed by atoms with Crippen molar-refractivity contribution in [3.63, 3.8) is 0 Å². The summed E-state index contributed by atoms with van der Waals surface area (Å²) in [6, 6.07) is 14.1. The second-order valence-electron chi connectivity index (χ2n) is 7.79. The Morgan fingerprint density at radius 2 is 1.97 bits per heavy atom. The highest BCUT2D eigenvalue weighted by Crippen LogP contribution is 2.26. The quantitative estimate of drug-likeness (QED) is 0.322. The highest BCUT2D eigenvalue weighted by atomic mass is 35.5. The van der Waals surface area contributed by atoms with Gasteiger partial charge in [-0.1, -0.05) is 30.7 Å². The van der Waals surface area contributed by atoms with Crippen LogP contribution in [0.2, 0.25) is 4.34 Å². The zero-order valence-electron chi connectivity index (χ0n) is 19.5. The van der Waals surface area contributed by atoms with Gasteiger partial charge in [-0.15, -0.1) is 11.3 Å². The summed E-state index contributed by atoms with van der Waals surface area (Å²) < 4.78 is 8.32. The molecule has 1 atom stereocenters. The van der Waals surface area contributed by atoms with E-state index in [0.717, 1.165) is 4.88 Å². The van der Waals surface area contributed by atoms with E-state index >= 15 is 0 Å². The number of hydrogen-bond acceptors (Lipinski definition) is 7. The van der Waals surface area contributed by atoms with Crippen LogP contribution in [0.1, 0.15) is 34.6 Å². The van der Waals surface area contributed by atoms with Crippen molar-refractivity contribution in [3.8, 4) is 17.0 Å². The third kappa shape index (κ3) is 5.05. The van der Waals surface area contributed by atoms with Crippen LogP contribution in [0.15, 0.2) is 65.6 Å². The van der Waals surface area contributed by atoms with Gasteiger partial charge in [-0.05, 0) is 42.8 Å². The summed E-state index contributed by atoms with van der Waals surface area (Å²) in [5.74, 6) is -0.834. The molecule has 186 valence electrons. The molecule has 0 spiro atoms. The second kappa shape index (κ2) is 10.8. The number of methoxy groups -OCH3 is 1. The summed E-state index contributed by atoms with van der Waals surface area (Å²) in [6.45, 7) is 2.06. The molecule has 36 heavy (non-hydrogen) atoms. The van der Waals surface area contributed by atoms with Gasteiger partial charge in [-0.3, -0.25) is 9.59 Å². The first-order valence-electron chi connectivity index (χ1n) is 11.0. The van der Waals surface area contributed by atoms with E-state index in [4.69, 9.17) is 16.3 Å². The van der Waals surface area contributed by atoms with E-state index in [-0.39, 0.29) is 17.7 Å². The number of carboxylic acids is 1. The fourth-order valence-electron chi connectivity index (χ4n) is 3.79. The van der Waals surface area contributed by atoms with E-state index in [1.54, 1.807) is 55.5 Å². The van der Waals surface area contributed by atoms with Crippen molar-refractivity contribution in [2.24, 2.45) is 0 Å². The summed E-state index contributed by atoms with van der Waals surface area (Å²) in [6.07, 6.45) is 1.67. The first kappa shape index (κ1) is 25.2. The number of rotatable bonds is 9. The van der Waals surface area contributed by atoms with Crippen molar-refractivity contribution in [2.45, 2.75) is 25.9 Å². The van der Waals surface area contributed by atoms with Crippen molar-refractivity contribution < 1.29 is 19.4 Å². The molecule has 0 amide bonds. The lowest BCUT2D eigenvalue weighted by molar-refractivity contribution is -0.141. The number of thiophene rings is 1. The fourth-order valence-corrected chi connectivity index (χ4v) is 4.82. The molecular weight excluding hydrogens is 504 g/mol. The van der Waals surface area contributed by atoms with Gasteiger partial charge >= 0.3 is 5.97 Å². The number of pyridine rings is 1. The molecule has 3 heterocycles. The van der Waals surface area contributed by atoms with Crippen LogP contribution < -0.4 is 15.6 Å². The van der Waals surface area contributed by atoms with Gasteiger partial charge in [-0.25, -0.2) is 4.79 Å². The number of aromatic nitrogens is 3. The highest BCUT2D eigenvalue weighted by Gasteiger charge is 2.24. The van der Waals surface area contributed by atoms with Crippen LogP contribution in [-0.2, 0) is 11.3 Å². The molecule has 4 aromatic rings. The van der Waals surface area contributed by atoms with Crippen molar-refractivity contribution in [1.82, 2.24) is 14.3 Å². The lowest BCUT2D eigenvalue weighted by atomic mass is 10.1. The summed E-state index contributed by atoms with van der Waals surface area (Å²) >= 11 is 7.44. The minimum Gasteiger partial charge on any atom is -0.496 e. The molecule has 0 saturated heterocycles. The average molecular weight is 527 g/mol. The summed E-state index contributed by atoms with van der Waals surface area (Å²) in [7, 11) is 1.47. The van der Waals surface area contributed by atoms with Crippen molar-refractivity contribution in [1.29, 1.82) is 0 Å². The fraction of sp³-hybridized carbons (Fsp3) is 0.200. The predicted octanol–water partition coefficient (Wildman–Crippen LogP) is 4.77. The van der Waals surface area contributed by atoms with Crippen LogP contribution in [0.25, 0.3) is 11.3 Å². The number of carbonyl (C=O) groups is 2. The molecule has 0 radical (unpaired) electrons. The maximum atomic E-state index is 13.5. The zero-order valence-corrected chi connectivity index (χ0v) is 21.0. The first-order chi connectivity index (χ1) is 17.3. The van der Waals surface area contributed by atoms with E-state index in [1.165, 1.54) is 33.9 Å². The SMILES string of the molecule is CCC(C(=O)O)n1cccc(-c2cc(NCc3ccc(Cl)s3)n(C(=O)c3ccccc3OC)n2)c1=O. The molecule has 0 aliphatic rings. The lowest BCUT2D eigenvalue weighted by Gasteiger charge is -2.14. The minimum absolute atomic E-state index is 0.172. The van der Waals surface area contributed by atoms with Crippen LogP contribution in [0.3, 0.4) is 0 Å². The highest BCUT2D eigenvalue weighted by molar-refractivity contribution is 7.16. The van der Waals surface area contributed by atoms with E-state index in [9.17, 15) is 19.5 Å². The monoisotopic (exact) mass is 526 g/mol. The largest absolute Gasteiger partial charge is 0.496 e. The molecule has 9 nitrogen and oxygen atoms in total. The standard InChI is InChI=1S/C25H23ClN4O5S/c1-3-19(25(33)34)29-12-6-8-16(23(29)31)18-13-22(27-14-15-10-11-21(26)36-15)30(28-18)24(32)17-7-4-5-9-20(17)35-2/h4-13,19,27H,3,14H2,1-2H3,(H,33,34). The van der Waals surface area contributed by atoms with Gasteiger partial charge in [0.1, 0.15) is 23.3 Å². The van der Waals surface area contributed by atoms with E-state index < -0.39 is 23.5 Å². The van der Waals surface area contributed by atoms with Crippen LogP contribution in [0, 0.1) is 0 Å². The van der Waals surface area contributed by atoms with Gasteiger partial charge in [-0.2, -0.15) is 9.78 Å². The van der Waals surface area contributed by atoms with Crippen LogP contribution >= 0.6 is 22.9 Å². The first-order valence-corrected chi connectivity index (χ1v) is 12.2. The molecule has 1 unspecified atom stereocenters. The Morgan fingerprint density at radius 3 is 2.64 bits per heavy atom. The number of hydrogen-bond donors (Lipinski definition) is 2. The van der Waals surface area contributed by atoms with E-state index in [1.807, 2.05) is 6.07 Å². The summed E-state index contributed by atoms with van der Waals surface area (Å²) in [5, 5.41) is 17.2. The van der Waals surface area contributed by atoms with Gasteiger partial charge in [0.25, 0.3) is 11.5 Å².